The first-order valence-corrected chi connectivity index (χ1v) is 5.38. The summed E-state index contributed by atoms with van der Waals surface area (Å²) in [6.07, 6.45) is -0.728. The highest BCUT2D eigenvalue weighted by Gasteiger charge is 2.30. The predicted molar refractivity (Wildman–Crippen MR) is 58.3 cm³/mol. The maximum atomic E-state index is 12.4. The van der Waals surface area contributed by atoms with Crippen LogP contribution in [-0.4, -0.2) is 5.78 Å². The van der Waals surface area contributed by atoms with Gasteiger partial charge in [0.05, 0.1) is 5.56 Å². The summed E-state index contributed by atoms with van der Waals surface area (Å²) in [6.45, 7) is 0. The molecular weight excluding hydrogens is 229 g/mol. The zero-order valence-corrected chi connectivity index (χ0v) is 9.05. The minimum Gasteiger partial charge on any atom is -0.295 e. The zero-order chi connectivity index (χ0) is 12.5. The van der Waals surface area contributed by atoms with Crippen molar-refractivity contribution in [2.24, 2.45) is 0 Å². The minimum absolute atomic E-state index is 0.0474. The third kappa shape index (κ3) is 2.75. The molecule has 0 spiro atoms. The molecule has 17 heavy (non-hydrogen) atoms. The first kappa shape index (κ1) is 11.9. The van der Waals surface area contributed by atoms with E-state index in [2.05, 4.69) is 0 Å². The van der Waals surface area contributed by atoms with Gasteiger partial charge in [0.2, 0.25) is 0 Å². The van der Waals surface area contributed by atoms with Gasteiger partial charge in [0.25, 0.3) is 0 Å². The van der Waals surface area contributed by atoms with E-state index in [1.54, 1.807) is 0 Å². The molecule has 4 heteroatoms. The maximum absolute atomic E-state index is 12.4. The Morgan fingerprint density at radius 1 is 1.00 bits per heavy atom. The molecule has 0 amide bonds. The van der Waals surface area contributed by atoms with Gasteiger partial charge in [-0.15, -0.1) is 0 Å². The molecule has 1 nitrogen and oxygen atoms in total. The molecule has 1 aromatic carbocycles. The molecule has 0 radical (unpaired) electrons. The fourth-order valence-electron chi connectivity index (χ4n) is 1.89. The number of alkyl halides is 3. The van der Waals surface area contributed by atoms with Crippen molar-refractivity contribution in [3.8, 4) is 0 Å². The number of carbonyl (C=O) groups excluding carboxylic acids is 1. The lowest BCUT2D eigenvalue weighted by Gasteiger charge is -2.13. The molecule has 0 N–H and O–H groups in total. The highest BCUT2D eigenvalue weighted by Crippen LogP contribution is 2.31. The number of rotatable bonds is 1. The summed E-state index contributed by atoms with van der Waals surface area (Å²) >= 11 is 0. The Morgan fingerprint density at radius 3 is 2.18 bits per heavy atom. The molecule has 0 bridgehead atoms. The van der Waals surface area contributed by atoms with Gasteiger partial charge in [-0.3, -0.25) is 4.79 Å². The molecule has 1 aliphatic rings. The highest BCUT2D eigenvalue weighted by atomic mass is 19.4. The van der Waals surface area contributed by atoms with E-state index in [4.69, 9.17) is 0 Å². The summed E-state index contributed by atoms with van der Waals surface area (Å²) in [7, 11) is 0. The molecule has 0 aromatic heterocycles. The molecule has 0 fully saturated rings. The molecule has 1 aliphatic carbocycles. The first-order chi connectivity index (χ1) is 7.97. The molecule has 0 heterocycles. The summed E-state index contributed by atoms with van der Waals surface area (Å²) < 4.78 is 37.1. The Bertz CT molecular complexity index is 455. The lowest BCUT2D eigenvalue weighted by molar-refractivity contribution is -0.137. The van der Waals surface area contributed by atoms with Gasteiger partial charge in [0.15, 0.2) is 5.78 Å². The molecule has 2 rings (SSSR count). The number of ketones is 1. The van der Waals surface area contributed by atoms with Gasteiger partial charge >= 0.3 is 6.18 Å². The molecule has 0 unspecified atom stereocenters. The van der Waals surface area contributed by atoms with Crippen molar-refractivity contribution in [3.05, 3.63) is 41.5 Å². The van der Waals surface area contributed by atoms with E-state index >= 15 is 0 Å². The van der Waals surface area contributed by atoms with Gasteiger partial charge in [-0.25, -0.2) is 0 Å². The van der Waals surface area contributed by atoms with Crippen LogP contribution in [0.15, 0.2) is 30.3 Å². The monoisotopic (exact) mass is 240 g/mol. The number of hydrogen-bond donors (Lipinski definition) is 0. The standard InChI is InChI=1S/C13H11F3O/c14-13(15,16)11-6-4-9(5-7-11)10-2-1-3-12(17)8-10/h4-8H,1-3H2. The second-order valence-corrected chi connectivity index (χ2v) is 4.06. The van der Waals surface area contributed by atoms with Gasteiger partial charge in [0, 0.05) is 6.42 Å². The lowest BCUT2D eigenvalue weighted by Crippen LogP contribution is -2.05. The molecule has 0 atom stereocenters. The first-order valence-electron chi connectivity index (χ1n) is 5.38. The van der Waals surface area contributed by atoms with E-state index in [0.717, 1.165) is 30.5 Å². The van der Waals surface area contributed by atoms with Gasteiger partial charge in [-0.2, -0.15) is 13.2 Å². The van der Waals surface area contributed by atoms with Gasteiger partial charge < -0.3 is 0 Å². The van der Waals surface area contributed by atoms with Crippen LogP contribution in [0, 0.1) is 0 Å². The molecule has 0 saturated heterocycles. The normalized spacial score (nSPS) is 16.9. The number of carbonyl (C=O) groups is 1. The van der Waals surface area contributed by atoms with E-state index in [1.165, 1.54) is 18.2 Å². The summed E-state index contributed by atoms with van der Waals surface area (Å²) in [5.41, 5.74) is 0.866. The smallest absolute Gasteiger partial charge is 0.295 e. The summed E-state index contributed by atoms with van der Waals surface area (Å²) in [5.74, 6) is 0.0474. The van der Waals surface area contributed by atoms with E-state index in [1.807, 2.05) is 0 Å². The molecule has 0 saturated carbocycles. The molecule has 90 valence electrons. The van der Waals surface area contributed by atoms with Crippen LogP contribution in [0.25, 0.3) is 5.57 Å². The number of benzene rings is 1. The van der Waals surface area contributed by atoms with Crippen molar-refractivity contribution < 1.29 is 18.0 Å². The van der Waals surface area contributed by atoms with Crippen molar-refractivity contribution in [2.75, 3.05) is 0 Å². The van der Waals surface area contributed by atoms with Crippen molar-refractivity contribution in [1.82, 2.24) is 0 Å². The van der Waals surface area contributed by atoms with E-state index < -0.39 is 11.7 Å². The summed E-state index contributed by atoms with van der Waals surface area (Å²) in [5, 5.41) is 0. The number of hydrogen-bond acceptors (Lipinski definition) is 1. The van der Waals surface area contributed by atoms with Gasteiger partial charge in [-0.1, -0.05) is 12.1 Å². The maximum Gasteiger partial charge on any atom is 0.416 e. The van der Waals surface area contributed by atoms with Crippen LogP contribution in [0.4, 0.5) is 13.2 Å². The van der Waals surface area contributed by atoms with Crippen molar-refractivity contribution in [1.29, 1.82) is 0 Å². The SMILES string of the molecule is O=C1C=C(c2ccc(C(F)(F)F)cc2)CCC1. The fourth-order valence-corrected chi connectivity index (χ4v) is 1.89. The van der Waals surface area contributed by atoms with Gasteiger partial charge in [0.1, 0.15) is 0 Å². The lowest BCUT2D eigenvalue weighted by atomic mass is 9.92. The van der Waals surface area contributed by atoms with Crippen LogP contribution in [0.1, 0.15) is 30.4 Å². The zero-order valence-electron chi connectivity index (χ0n) is 9.05. The Labute approximate surface area is 96.9 Å². The van der Waals surface area contributed by atoms with Crippen molar-refractivity contribution in [2.45, 2.75) is 25.4 Å². The van der Waals surface area contributed by atoms with Crippen LogP contribution in [0.2, 0.25) is 0 Å². The van der Waals surface area contributed by atoms with Crippen LogP contribution in [-0.2, 0) is 11.0 Å². The van der Waals surface area contributed by atoms with Crippen molar-refractivity contribution in [3.63, 3.8) is 0 Å². The second kappa shape index (κ2) is 4.35. The second-order valence-electron chi connectivity index (χ2n) is 4.06. The average molecular weight is 240 g/mol. The molecule has 1 aromatic rings. The number of allylic oxidation sites excluding steroid dienone is 2. The topological polar surface area (TPSA) is 17.1 Å². The quantitative estimate of drug-likeness (QED) is 0.728. The Balaban J connectivity index is 2.27. The highest BCUT2D eigenvalue weighted by molar-refractivity contribution is 5.98. The fraction of sp³-hybridized carbons (Fsp3) is 0.308. The average Bonchev–Trinajstić information content (AvgIpc) is 2.28. The van der Waals surface area contributed by atoms with Crippen molar-refractivity contribution >= 4 is 11.4 Å². The van der Waals surface area contributed by atoms with Crippen LogP contribution in [0.5, 0.6) is 0 Å². The van der Waals surface area contributed by atoms with E-state index in [0.29, 0.717) is 12.0 Å². The summed E-state index contributed by atoms with van der Waals surface area (Å²) in [6, 6.07) is 4.95. The molecule has 0 aliphatic heterocycles. The Morgan fingerprint density at radius 2 is 1.65 bits per heavy atom. The minimum atomic E-state index is -4.31. The van der Waals surface area contributed by atoms with Crippen LogP contribution in [0.3, 0.4) is 0 Å². The van der Waals surface area contributed by atoms with E-state index in [-0.39, 0.29) is 5.78 Å². The Hall–Kier alpha value is -1.58. The van der Waals surface area contributed by atoms with Crippen LogP contribution < -0.4 is 0 Å². The van der Waals surface area contributed by atoms with E-state index in [9.17, 15) is 18.0 Å². The Kier molecular flexibility index (Phi) is 3.05. The molecular formula is C13H11F3O. The predicted octanol–water partition coefficient (Wildman–Crippen LogP) is 3.84. The third-order valence-electron chi connectivity index (χ3n) is 2.79. The third-order valence-corrected chi connectivity index (χ3v) is 2.79. The largest absolute Gasteiger partial charge is 0.416 e. The summed E-state index contributed by atoms with van der Waals surface area (Å²) in [4.78, 5) is 11.2. The van der Waals surface area contributed by atoms with Gasteiger partial charge in [-0.05, 0) is 42.2 Å². The number of halogens is 3. The van der Waals surface area contributed by atoms with Crippen LogP contribution >= 0.6 is 0 Å².